The number of carbonyl (C=O) groups is 1. The third-order valence-electron chi connectivity index (χ3n) is 1.72. The first-order valence-electron chi connectivity index (χ1n) is 4.55. The fourth-order valence-corrected chi connectivity index (χ4v) is 1.01. The third-order valence-corrected chi connectivity index (χ3v) is 1.72. The topological polar surface area (TPSA) is 64.3 Å². The first-order chi connectivity index (χ1) is 6.63. The highest BCUT2D eigenvalue weighted by Crippen LogP contribution is 2.10. The van der Waals surface area contributed by atoms with Crippen LogP contribution in [0.4, 0.5) is 0 Å². The molecule has 1 atom stereocenters. The van der Waals surface area contributed by atoms with Gasteiger partial charge in [-0.2, -0.15) is 5.10 Å². The predicted octanol–water partition coefficient (Wildman–Crippen LogP) is 1.15. The van der Waals surface area contributed by atoms with Crippen LogP contribution in [0.1, 0.15) is 20.3 Å². The van der Waals surface area contributed by atoms with E-state index in [0.29, 0.717) is 5.75 Å². The van der Waals surface area contributed by atoms with Crippen molar-refractivity contribution in [2.75, 3.05) is 0 Å². The van der Waals surface area contributed by atoms with Gasteiger partial charge < -0.3 is 9.84 Å². The maximum absolute atomic E-state index is 10.5. The van der Waals surface area contributed by atoms with Gasteiger partial charge in [0.15, 0.2) is 11.9 Å². The number of carboxylic acids is 1. The van der Waals surface area contributed by atoms with E-state index in [1.54, 1.807) is 10.9 Å². The summed E-state index contributed by atoms with van der Waals surface area (Å²) < 4.78 is 6.85. The molecule has 1 rings (SSSR count). The monoisotopic (exact) mass is 198 g/mol. The summed E-state index contributed by atoms with van der Waals surface area (Å²) in [6, 6.07) is 0. The fraction of sp³-hybridized carbons (Fsp3) is 0.556. The van der Waals surface area contributed by atoms with Gasteiger partial charge in [0, 0.05) is 6.54 Å². The zero-order valence-corrected chi connectivity index (χ0v) is 8.30. The average molecular weight is 198 g/mol. The van der Waals surface area contributed by atoms with Gasteiger partial charge in [-0.05, 0) is 13.3 Å². The molecule has 0 amide bonds. The number of ether oxygens (including phenoxy) is 1. The minimum absolute atomic E-state index is 0.494. The lowest BCUT2D eigenvalue weighted by molar-refractivity contribution is -0.144. The molecule has 0 aliphatic carbocycles. The lowest BCUT2D eigenvalue weighted by Crippen LogP contribution is -2.22. The van der Waals surface area contributed by atoms with Crippen molar-refractivity contribution in [2.24, 2.45) is 0 Å². The van der Waals surface area contributed by atoms with Crippen molar-refractivity contribution < 1.29 is 14.6 Å². The smallest absolute Gasteiger partial charge is 0.344 e. The molecule has 1 heterocycles. The Labute approximate surface area is 82.3 Å². The Morgan fingerprint density at radius 3 is 3.07 bits per heavy atom. The summed E-state index contributed by atoms with van der Waals surface area (Å²) in [7, 11) is 0. The van der Waals surface area contributed by atoms with Crippen LogP contribution in [0.2, 0.25) is 0 Å². The lowest BCUT2D eigenvalue weighted by atomic mass is 10.4. The quantitative estimate of drug-likeness (QED) is 0.770. The molecule has 0 saturated heterocycles. The molecule has 5 heteroatoms. The molecular weight excluding hydrogens is 184 g/mol. The van der Waals surface area contributed by atoms with Gasteiger partial charge in [0.05, 0.1) is 12.4 Å². The zero-order valence-electron chi connectivity index (χ0n) is 8.30. The largest absolute Gasteiger partial charge is 0.479 e. The molecule has 0 saturated carbocycles. The molecule has 1 aromatic rings. The van der Waals surface area contributed by atoms with Gasteiger partial charge in [0.2, 0.25) is 0 Å². The zero-order chi connectivity index (χ0) is 10.6. The molecule has 0 spiro atoms. The van der Waals surface area contributed by atoms with Crippen LogP contribution >= 0.6 is 0 Å². The van der Waals surface area contributed by atoms with Crippen LogP contribution in [-0.2, 0) is 11.3 Å². The maximum Gasteiger partial charge on any atom is 0.344 e. The van der Waals surface area contributed by atoms with Gasteiger partial charge in [0.1, 0.15) is 0 Å². The second-order valence-electron chi connectivity index (χ2n) is 3.04. The summed E-state index contributed by atoms with van der Waals surface area (Å²) in [4.78, 5) is 10.5. The summed E-state index contributed by atoms with van der Waals surface area (Å²) in [5, 5.41) is 12.6. The van der Waals surface area contributed by atoms with Crippen molar-refractivity contribution in [1.82, 2.24) is 9.78 Å². The van der Waals surface area contributed by atoms with Crippen LogP contribution in [0.5, 0.6) is 5.75 Å². The Morgan fingerprint density at radius 2 is 2.50 bits per heavy atom. The average Bonchev–Trinajstić information content (AvgIpc) is 2.53. The SMILES string of the molecule is CCCn1cc(O[C@@H](C)C(=O)O)cn1. The summed E-state index contributed by atoms with van der Waals surface area (Å²) >= 11 is 0. The number of aromatic nitrogens is 2. The van der Waals surface area contributed by atoms with E-state index < -0.39 is 12.1 Å². The normalized spacial score (nSPS) is 12.4. The first-order valence-corrected chi connectivity index (χ1v) is 4.55. The van der Waals surface area contributed by atoms with Gasteiger partial charge in [-0.25, -0.2) is 4.79 Å². The van der Waals surface area contributed by atoms with E-state index in [4.69, 9.17) is 9.84 Å². The van der Waals surface area contributed by atoms with Gasteiger partial charge in [0.25, 0.3) is 0 Å². The van der Waals surface area contributed by atoms with Crippen molar-refractivity contribution in [3.63, 3.8) is 0 Å². The molecule has 14 heavy (non-hydrogen) atoms. The van der Waals surface area contributed by atoms with E-state index >= 15 is 0 Å². The molecule has 0 radical (unpaired) electrons. The van der Waals surface area contributed by atoms with E-state index in [9.17, 15) is 4.79 Å². The number of rotatable bonds is 5. The highest BCUT2D eigenvalue weighted by atomic mass is 16.5. The van der Waals surface area contributed by atoms with E-state index in [0.717, 1.165) is 13.0 Å². The Bertz CT molecular complexity index is 309. The lowest BCUT2D eigenvalue weighted by Gasteiger charge is -2.06. The van der Waals surface area contributed by atoms with E-state index in [1.807, 2.05) is 6.92 Å². The molecular formula is C9H14N2O3. The number of hydrogen-bond acceptors (Lipinski definition) is 3. The number of hydrogen-bond donors (Lipinski definition) is 1. The van der Waals surface area contributed by atoms with Gasteiger partial charge in [-0.1, -0.05) is 6.92 Å². The molecule has 1 aromatic heterocycles. The highest BCUT2D eigenvalue weighted by Gasteiger charge is 2.13. The molecule has 5 nitrogen and oxygen atoms in total. The van der Waals surface area contributed by atoms with Crippen molar-refractivity contribution in [2.45, 2.75) is 32.9 Å². The summed E-state index contributed by atoms with van der Waals surface area (Å²) in [5.41, 5.74) is 0. The molecule has 1 N–H and O–H groups in total. The third kappa shape index (κ3) is 2.76. The highest BCUT2D eigenvalue weighted by molar-refractivity contribution is 5.72. The predicted molar refractivity (Wildman–Crippen MR) is 50.2 cm³/mol. The van der Waals surface area contributed by atoms with Crippen LogP contribution in [-0.4, -0.2) is 27.0 Å². The van der Waals surface area contributed by atoms with Crippen LogP contribution in [0.15, 0.2) is 12.4 Å². The van der Waals surface area contributed by atoms with Crippen molar-refractivity contribution in [3.05, 3.63) is 12.4 Å². The van der Waals surface area contributed by atoms with E-state index in [-0.39, 0.29) is 0 Å². The van der Waals surface area contributed by atoms with Crippen molar-refractivity contribution >= 4 is 5.97 Å². The van der Waals surface area contributed by atoms with Crippen LogP contribution in [0.3, 0.4) is 0 Å². The van der Waals surface area contributed by atoms with E-state index in [1.165, 1.54) is 13.1 Å². The van der Waals surface area contributed by atoms with Gasteiger partial charge >= 0.3 is 5.97 Å². The number of nitrogens with zero attached hydrogens (tertiary/aromatic N) is 2. The van der Waals surface area contributed by atoms with Gasteiger partial charge in [-0.3, -0.25) is 4.68 Å². The Kier molecular flexibility index (Phi) is 3.50. The molecule has 0 aromatic carbocycles. The molecule has 0 aliphatic heterocycles. The minimum atomic E-state index is -0.978. The fourth-order valence-electron chi connectivity index (χ4n) is 1.01. The molecule has 0 fully saturated rings. The summed E-state index contributed by atoms with van der Waals surface area (Å²) in [6.45, 7) is 4.34. The maximum atomic E-state index is 10.5. The second kappa shape index (κ2) is 4.64. The Morgan fingerprint density at radius 1 is 1.79 bits per heavy atom. The Balaban J connectivity index is 2.55. The van der Waals surface area contributed by atoms with Crippen LogP contribution < -0.4 is 4.74 Å². The summed E-state index contributed by atoms with van der Waals surface area (Å²) in [5.74, 6) is -0.485. The second-order valence-corrected chi connectivity index (χ2v) is 3.04. The first kappa shape index (κ1) is 10.6. The number of aryl methyl sites for hydroxylation is 1. The van der Waals surface area contributed by atoms with Crippen molar-refractivity contribution in [3.8, 4) is 5.75 Å². The van der Waals surface area contributed by atoms with Gasteiger partial charge in [-0.15, -0.1) is 0 Å². The minimum Gasteiger partial charge on any atom is -0.479 e. The van der Waals surface area contributed by atoms with E-state index in [2.05, 4.69) is 5.10 Å². The Hall–Kier alpha value is -1.52. The molecule has 0 bridgehead atoms. The summed E-state index contributed by atoms with van der Waals surface area (Å²) in [6.07, 6.45) is 3.36. The van der Waals surface area contributed by atoms with Crippen molar-refractivity contribution in [1.29, 1.82) is 0 Å². The number of carboxylic acid groups (broad SMARTS) is 1. The standard InChI is InChI=1S/C9H14N2O3/c1-3-4-11-6-8(5-10-11)14-7(2)9(12)13/h5-7H,3-4H2,1-2H3,(H,12,13)/t7-/m0/s1. The molecule has 78 valence electrons. The van der Waals surface area contributed by atoms with Crippen LogP contribution in [0, 0.1) is 0 Å². The molecule has 0 unspecified atom stereocenters. The van der Waals surface area contributed by atoms with Crippen LogP contribution in [0.25, 0.3) is 0 Å². The molecule has 0 aliphatic rings. The number of aliphatic carboxylic acids is 1.